The van der Waals surface area contributed by atoms with Crippen LogP contribution in [0.25, 0.3) is 0 Å². The third kappa shape index (κ3) is 4.24. The van der Waals surface area contributed by atoms with Crippen molar-refractivity contribution in [2.75, 3.05) is 32.7 Å². The number of hydrogen-bond donors (Lipinski definition) is 0. The maximum Gasteiger partial charge on any atom is 0.416 e. The maximum atomic E-state index is 12.5. The molecule has 120 valence electrons. The van der Waals surface area contributed by atoms with Gasteiger partial charge in [0.2, 0.25) is 0 Å². The van der Waals surface area contributed by atoms with Crippen LogP contribution in [0.1, 0.15) is 15.9 Å². The molecule has 3 nitrogen and oxygen atoms in total. The van der Waals surface area contributed by atoms with Gasteiger partial charge in [0.1, 0.15) is 0 Å². The predicted molar refractivity (Wildman–Crippen MR) is 78.8 cm³/mol. The summed E-state index contributed by atoms with van der Waals surface area (Å²) >= 11 is 5.75. The molecule has 22 heavy (non-hydrogen) atoms. The Morgan fingerprint density at radius 2 is 1.68 bits per heavy atom. The lowest BCUT2D eigenvalue weighted by atomic mass is 10.1. The molecule has 1 aromatic carbocycles. The minimum Gasteiger partial charge on any atom is -0.336 e. The Bertz CT molecular complexity index is 549. The van der Waals surface area contributed by atoms with Gasteiger partial charge in [-0.3, -0.25) is 9.69 Å². The normalized spacial score (nSPS) is 16.6. The molecule has 0 saturated carbocycles. The Balaban J connectivity index is 1.97. The number of benzene rings is 1. The van der Waals surface area contributed by atoms with Gasteiger partial charge < -0.3 is 4.90 Å². The second-order valence-corrected chi connectivity index (χ2v) is 5.70. The van der Waals surface area contributed by atoms with E-state index in [2.05, 4.69) is 11.5 Å². The van der Waals surface area contributed by atoms with Crippen LogP contribution in [0.15, 0.2) is 35.9 Å². The molecular weight excluding hydrogens is 317 g/mol. The van der Waals surface area contributed by atoms with E-state index >= 15 is 0 Å². The van der Waals surface area contributed by atoms with Crippen LogP contribution >= 0.6 is 11.6 Å². The summed E-state index contributed by atoms with van der Waals surface area (Å²) in [5, 5.41) is 0.544. The predicted octanol–water partition coefficient (Wildman–Crippen LogP) is 3.22. The highest BCUT2D eigenvalue weighted by atomic mass is 35.5. The van der Waals surface area contributed by atoms with E-state index in [1.807, 2.05) is 0 Å². The van der Waals surface area contributed by atoms with Gasteiger partial charge in [0.05, 0.1) is 5.56 Å². The van der Waals surface area contributed by atoms with E-state index in [0.717, 1.165) is 12.1 Å². The molecule has 0 aliphatic carbocycles. The standard InChI is InChI=1S/C15H16ClF3N2O/c1-11(16)10-20-6-8-21(9-7-20)14(22)12-2-4-13(5-3-12)15(17,18)19/h2-5H,1,6-10H2. The number of amides is 1. The van der Waals surface area contributed by atoms with Crippen molar-refractivity contribution in [3.05, 3.63) is 47.0 Å². The van der Waals surface area contributed by atoms with Crippen LogP contribution in [-0.2, 0) is 6.18 Å². The van der Waals surface area contributed by atoms with Gasteiger partial charge in [0, 0.05) is 43.3 Å². The smallest absolute Gasteiger partial charge is 0.336 e. The zero-order valence-corrected chi connectivity index (χ0v) is 12.6. The number of alkyl halides is 3. The lowest BCUT2D eigenvalue weighted by molar-refractivity contribution is -0.137. The second kappa shape index (κ2) is 6.71. The molecule has 1 saturated heterocycles. The molecule has 0 N–H and O–H groups in total. The minimum atomic E-state index is -4.39. The van der Waals surface area contributed by atoms with Crippen molar-refractivity contribution in [2.24, 2.45) is 0 Å². The number of halogens is 4. The fraction of sp³-hybridized carbons (Fsp3) is 0.400. The Morgan fingerprint density at radius 1 is 1.14 bits per heavy atom. The lowest BCUT2D eigenvalue weighted by Crippen LogP contribution is -2.48. The third-order valence-corrected chi connectivity index (χ3v) is 3.63. The molecule has 0 bridgehead atoms. The number of carbonyl (C=O) groups excluding carboxylic acids is 1. The molecule has 1 aromatic rings. The highest BCUT2D eigenvalue weighted by Crippen LogP contribution is 2.29. The number of hydrogen-bond acceptors (Lipinski definition) is 2. The Hall–Kier alpha value is -1.53. The number of carbonyl (C=O) groups is 1. The number of piperazine rings is 1. The van der Waals surface area contributed by atoms with Crippen LogP contribution in [-0.4, -0.2) is 48.4 Å². The number of nitrogens with zero attached hydrogens (tertiary/aromatic N) is 2. The van der Waals surface area contributed by atoms with Gasteiger partial charge in [-0.25, -0.2) is 0 Å². The minimum absolute atomic E-state index is 0.252. The quantitative estimate of drug-likeness (QED) is 0.848. The summed E-state index contributed by atoms with van der Waals surface area (Å²) in [6.45, 7) is 6.57. The molecule has 7 heteroatoms. The number of rotatable bonds is 3. The van der Waals surface area contributed by atoms with Gasteiger partial charge in [-0.15, -0.1) is 0 Å². The zero-order valence-electron chi connectivity index (χ0n) is 11.9. The van der Waals surface area contributed by atoms with E-state index in [0.29, 0.717) is 37.8 Å². The van der Waals surface area contributed by atoms with E-state index in [1.165, 1.54) is 12.1 Å². The van der Waals surface area contributed by atoms with E-state index in [1.54, 1.807) is 4.90 Å². The molecule has 0 atom stereocenters. The molecule has 1 heterocycles. The zero-order chi connectivity index (χ0) is 16.3. The Kier molecular flexibility index (Phi) is 5.13. The first-order chi connectivity index (χ1) is 10.3. The highest BCUT2D eigenvalue weighted by Gasteiger charge is 2.30. The Morgan fingerprint density at radius 3 is 2.14 bits per heavy atom. The molecule has 0 unspecified atom stereocenters. The molecule has 1 amide bonds. The molecule has 0 radical (unpaired) electrons. The molecule has 1 fully saturated rings. The average Bonchev–Trinajstić information content (AvgIpc) is 2.46. The summed E-state index contributed by atoms with van der Waals surface area (Å²) in [5.74, 6) is -0.252. The highest BCUT2D eigenvalue weighted by molar-refractivity contribution is 6.29. The van der Waals surface area contributed by atoms with Crippen molar-refractivity contribution >= 4 is 17.5 Å². The Labute approximate surface area is 132 Å². The first-order valence-corrected chi connectivity index (χ1v) is 7.17. The van der Waals surface area contributed by atoms with Crippen LogP contribution in [0.3, 0.4) is 0 Å². The van der Waals surface area contributed by atoms with Crippen molar-refractivity contribution in [3.8, 4) is 0 Å². The SMILES string of the molecule is C=C(Cl)CN1CCN(C(=O)c2ccc(C(F)(F)F)cc2)CC1. The summed E-state index contributed by atoms with van der Waals surface area (Å²) in [6.07, 6.45) is -4.39. The summed E-state index contributed by atoms with van der Waals surface area (Å²) in [7, 11) is 0. The summed E-state index contributed by atoms with van der Waals surface area (Å²) in [6, 6.07) is 4.30. The first-order valence-electron chi connectivity index (χ1n) is 6.79. The van der Waals surface area contributed by atoms with E-state index in [9.17, 15) is 18.0 Å². The van der Waals surface area contributed by atoms with Gasteiger partial charge in [-0.05, 0) is 24.3 Å². The fourth-order valence-electron chi connectivity index (χ4n) is 2.34. The van der Waals surface area contributed by atoms with Crippen LogP contribution in [0.4, 0.5) is 13.2 Å². The van der Waals surface area contributed by atoms with Gasteiger partial charge in [0.15, 0.2) is 0 Å². The van der Waals surface area contributed by atoms with Crippen LogP contribution in [0, 0.1) is 0 Å². The van der Waals surface area contributed by atoms with Crippen molar-refractivity contribution in [1.82, 2.24) is 9.80 Å². The lowest BCUT2D eigenvalue weighted by Gasteiger charge is -2.34. The van der Waals surface area contributed by atoms with Crippen LogP contribution < -0.4 is 0 Å². The van der Waals surface area contributed by atoms with Crippen molar-refractivity contribution in [2.45, 2.75) is 6.18 Å². The van der Waals surface area contributed by atoms with Gasteiger partial charge >= 0.3 is 6.18 Å². The summed E-state index contributed by atoms with van der Waals surface area (Å²) in [4.78, 5) is 16.0. The van der Waals surface area contributed by atoms with E-state index < -0.39 is 11.7 Å². The van der Waals surface area contributed by atoms with Crippen LogP contribution in [0.5, 0.6) is 0 Å². The van der Waals surface area contributed by atoms with Gasteiger partial charge in [-0.2, -0.15) is 13.2 Å². The summed E-state index contributed by atoms with van der Waals surface area (Å²) in [5.41, 5.74) is -0.488. The molecule has 0 aromatic heterocycles. The molecule has 1 aliphatic heterocycles. The van der Waals surface area contributed by atoms with Crippen LogP contribution in [0.2, 0.25) is 0 Å². The second-order valence-electron chi connectivity index (χ2n) is 5.16. The largest absolute Gasteiger partial charge is 0.416 e. The molecule has 2 rings (SSSR count). The van der Waals surface area contributed by atoms with Crippen molar-refractivity contribution in [3.63, 3.8) is 0 Å². The van der Waals surface area contributed by atoms with Crippen molar-refractivity contribution in [1.29, 1.82) is 0 Å². The fourth-order valence-corrected chi connectivity index (χ4v) is 2.51. The van der Waals surface area contributed by atoms with Gasteiger partial charge in [-0.1, -0.05) is 18.2 Å². The molecule has 0 spiro atoms. The topological polar surface area (TPSA) is 23.6 Å². The first kappa shape index (κ1) is 16.8. The van der Waals surface area contributed by atoms with Crippen molar-refractivity contribution < 1.29 is 18.0 Å². The van der Waals surface area contributed by atoms with E-state index in [4.69, 9.17) is 11.6 Å². The monoisotopic (exact) mass is 332 g/mol. The average molecular weight is 333 g/mol. The summed E-state index contributed by atoms with van der Waals surface area (Å²) < 4.78 is 37.5. The third-order valence-electron chi connectivity index (χ3n) is 3.51. The molecule has 1 aliphatic rings. The maximum absolute atomic E-state index is 12.5. The molecular formula is C15H16ClF3N2O. The van der Waals surface area contributed by atoms with E-state index in [-0.39, 0.29) is 11.5 Å². The van der Waals surface area contributed by atoms with Gasteiger partial charge in [0.25, 0.3) is 5.91 Å².